The molecule has 0 saturated heterocycles. The lowest BCUT2D eigenvalue weighted by atomic mass is 10.1. The molecule has 0 spiro atoms. The summed E-state index contributed by atoms with van der Waals surface area (Å²) < 4.78 is 1.90. The zero-order valence-corrected chi connectivity index (χ0v) is 19.8. The standard InChI is InChI=1S/C23H24N6OS2/c1-15-9-16(2)11-18(10-15)25-21(30)14-32-23-28-27-20(29(23)3)12-24-22-26-19(13-31-22)17-7-5-4-6-8-17/h4-11,13H,12,14H2,1-3H3,(H,24,26)(H,25,30). The summed E-state index contributed by atoms with van der Waals surface area (Å²) in [4.78, 5) is 17.0. The SMILES string of the molecule is Cc1cc(C)cc(NC(=O)CSc2nnc(CNc3nc(-c4ccccc4)cs3)n2C)c1. The van der Waals surface area contributed by atoms with Gasteiger partial charge in [0.2, 0.25) is 5.91 Å². The summed E-state index contributed by atoms with van der Waals surface area (Å²) in [6.07, 6.45) is 0. The van der Waals surface area contributed by atoms with Gasteiger partial charge in [-0.25, -0.2) is 4.98 Å². The van der Waals surface area contributed by atoms with Gasteiger partial charge in [0.05, 0.1) is 18.0 Å². The highest BCUT2D eigenvalue weighted by Gasteiger charge is 2.13. The van der Waals surface area contributed by atoms with Crippen molar-refractivity contribution in [2.45, 2.75) is 25.5 Å². The number of aromatic nitrogens is 4. The fourth-order valence-electron chi connectivity index (χ4n) is 3.25. The van der Waals surface area contributed by atoms with E-state index in [2.05, 4.69) is 31.9 Å². The van der Waals surface area contributed by atoms with Gasteiger partial charge >= 0.3 is 0 Å². The molecule has 2 aromatic heterocycles. The number of hydrogen-bond donors (Lipinski definition) is 2. The van der Waals surface area contributed by atoms with Gasteiger partial charge in [-0.1, -0.05) is 48.2 Å². The molecule has 4 rings (SSSR count). The van der Waals surface area contributed by atoms with Crippen LogP contribution in [0.5, 0.6) is 0 Å². The van der Waals surface area contributed by atoms with Gasteiger partial charge in [0.25, 0.3) is 0 Å². The average Bonchev–Trinajstić information content (AvgIpc) is 3.37. The number of benzene rings is 2. The number of nitrogens with one attached hydrogen (secondary N) is 2. The van der Waals surface area contributed by atoms with Crippen molar-refractivity contribution in [2.75, 3.05) is 16.4 Å². The fourth-order valence-corrected chi connectivity index (χ4v) is 4.70. The molecule has 0 unspecified atom stereocenters. The molecular weight excluding hydrogens is 440 g/mol. The van der Waals surface area contributed by atoms with E-state index in [4.69, 9.17) is 0 Å². The lowest BCUT2D eigenvalue weighted by molar-refractivity contribution is -0.113. The van der Waals surface area contributed by atoms with Crippen molar-refractivity contribution >= 4 is 39.8 Å². The minimum atomic E-state index is -0.0705. The van der Waals surface area contributed by atoms with E-state index in [1.54, 1.807) is 11.3 Å². The highest BCUT2D eigenvalue weighted by Crippen LogP contribution is 2.25. The number of anilines is 2. The third-order valence-electron chi connectivity index (χ3n) is 4.73. The van der Waals surface area contributed by atoms with Crippen molar-refractivity contribution in [1.82, 2.24) is 19.7 Å². The molecule has 4 aromatic rings. The number of aryl methyl sites for hydroxylation is 2. The van der Waals surface area contributed by atoms with Crippen LogP contribution >= 0.6 is 23.1 Å². The van der Waals surface area contributed by atoms with Crippen LogP contribution in [0, 0.1) is 13.8 Å². The first-order valence-corrected chi connectivity index (χ1v) is 12.0. The van der Waals surface area contributed by atoms with Crippen LogP contribution in [0.1, 0.15) is 17.0 Å². The summed E-state index contributed by atoms with van der Waals surface area (Å²) in [5.41, 5.74) is 5.09. The van der Waals surface area contributed by atoms with Crippen LogP contribution in [0.15, 0.2) is 59.1 Å². The Morgan fingerprint density at radius 2 is 1.84 bits per heavy atom. The Hall–Kier alpha value is -3.17. The molecule has 0 bridgehead atoms. The molecule has 0 aliphatic carbocycles. The zero-order valence-electron chi connectivity index (χ0n) is 18.1. The first-order valence-electron chi connectivity index (χ1n) is 10.1. The number of carbonyl (C=O) groups is 1. The van der Waals surface area contributed by atoms with Crippen molar-refractivity contribution in [2.24, 2.45) is 7.05 Å². The van der Waals surface area contributed by atoms with E-state index in [1.807, 2.05) is 73.3 Å². The van der Waals surface area contributed by atoms with Crippen molar-refractivity contribution in [3.05, 3.63) is 70.9 Å². The smallest absolute Gasteiger partial charge is 0.234 e. The molecule has 0 saturated carbocycles. The molecule has 2 aromatic carbocycles. The van der Waals surface area contributed by atoms with Crippen molar-refractivity contribution in [3.8, 4) is 11.3 Å². The normalized spacial score (nSPS) is 10.8. The molecule has 164 valence electrons. The number of rotatable bonds is 8. The van der Waals surface area contributed by atoms with Crippen LogP contribution < -0.4 is 10.6 Å². The first-order chi connectivity index (χ1) is 15.5. The summed E-state index contributed by atoms with van der Waals surface area (Å²) in [6, 6.07) is 16.1. The third-order valence-corrected chi connectivity index (χ3v) is 6.55. The van der Waals surface area contributed by atoms with Crippen LogP contribution in [0.25, 0.3) is 11.3 Å². The quantitative estimate of drug-likeness (QED) is 0.361. The maximum Gasteiger partial charge on any atom is 0.234 e. The van der Waals surface area contributed by atoms with E-state index < -0.39 is 0 Å². The largest absolute Gasteiger partial charge is 0.354 e. The van der Waals surface area contributed by atoms with Gasteiger partial charge in [-0.15, -0.1) is 21.5 Å². The Morgan fingerprint density at radius 1 is 1.09 bits per heavy atom. The third kappa shape index (κ3) is 5.54. The second-order valence-corrected chi connectivity index (χ2v) is 9.23. The van der Waals surface area contributed by atoms with Gasteiger partial charge in [0, 0.05) is 23.7 Å². The van der Waals surface area contributed by atoms with Crippen molar-refractivity contribution in [3.63, 3.8) is 0 Å². The molecule has 32 heavy (non-hydrogen) atoms. The van der Waals surface area contributed by atoms with Crippen LogP contribution in [-0.2, 0) is 18.4 Å². The molecule has 2 N–H and O–H groups in total. The molecular formula is C23H24N6OS2. The van der Waals surface area contributed by atoms with Crippen LogP contribution in [0.4, 0.5) is 10.8 Å². The topological polar surface area (TPSA) is 84.7 Å². The Morgan fingerprint density at radius 3 is 2.59 bits per heavy atom. The second kappa shape index (κ2) is 9.97. The monoisotopic (exact) mass is 464 g/mol. The van der Waals surface area contributed by atoms with Gasteiger partial charge in [-0.2, -0.15) is 0 Å². The predicted octanol–water partition coefficient (Wildman–Crippen LogP) is 4.90. The molecule has 0 fully saturated rings. The van der Waals surface area contributed by atoms with E-state index in [-0.39, 0.29) is 11.7 Å². The van der Waals surface area contributed by atoms with Crippen LogP contribution in [0.3, 0.4) is 0 Å². The van der Waals surface area contributed by atoms with Gasteiger partial charge in [0.15, 0.2) is 16.1 Å². The summed E-state index contributed by atoms with van der Waals surface area (Å²) in [7, 11) is 1.90. The number of carbonyl (C=O) groups excluding carboxylic acids is 1. The maximum absolute atomic E-state index is 12.3. The number of thioether (sulfide) groups is 1. The highest BCUT2D eigenvalue weighted by molar-refractivity contribution is 7.99. The zero-order chi connectivity index (χ0) is 22.5. The lowest BCUT2D eigenvalue weighted by Crippen LogP contribution is -2.15. The van der Waals surface area contributed by atoms with E-state index in [9.17, 15) is 4.79 Å². The van der Waals surface area contributed by atoms with Crippen molar-refractivity contribution in [1.29, 1.82) is 0 Å². The van der Waals surface area contributed by atoms with Gasteiger partial charge in [-0.05, 0) is 37.1 Å². The summed E-state index contributed by atoms with van der Waals surface area (Å²) in [6.45, 7) is 4.53. The highest BCUT2D eigenvalue weighted by atomic mass is 32.2. The molecule has 1 amide bonds. The van der Waals surface area contributed by atoms with E-state index >= 15 is 0 Å². The summed E-state index contributed by atoms with van der Waals surface area (Å²) >= 11 is 2.92. The molecule has 0 aliphatic rings. The molecule has 2 heterocycles. The average molecular weight is 465 g/mol. The summed E-state index contributed by atoms with van der Waals surface area (Å²) in [5, 5.41) is 18.3. The fraction of sp³-hybridized carbons (Fsp3) is 0.217. The molecule has 0 atom stereocenters. The Balaban J connectivity index is 1.30. The Kier molecular flexibility index (Phi) is 6.87. The van der Waals surface area contributed by atoms with Crippen LogP contribution in [0.2, 0.25) is 0 Å². The molecule has 0 radical (unpaired) electrons. The minimum Gasteiger partial charge on any atom is -0.354 e. The van der Waals surface area contributed by atoms with E-state index in [0.717, 1.165) is 39.0 Å². The van der Waals surface area contributed by atoms with Gasteiger partial charge in [0.1, 0.15) is 0 Å². The van der Waals surface area contributed by atoms with Gasteiger partial charge in [-0.3, -0.25) is 4.79 Å². The predicted molar refractivity (Wildman–Crippen MR) is 131 cm³/mol. The number of amides is 1. The van der Waals surface area contributed by atoms with Crippen LogP contribution in [-0.4, -0.2) is 31.4 Å². The summed E-state index contributed by atoms with van der Waals surface area (Å²) in [5.74, 6) is 0.969. The maximum atomic E-state index is 12.3. The molecule has 9 heteroatoms. The second-order valence-electron chi connectivity index (χ2n) is 7.43. The Bertz CT molecular complexity index is 1200. The number of hydrogen-bond acceptors (Lipinski definition) is 7. The van der Waals surface area contributed by atoms with E-state index in [0.29, 0.717) is 11.7 Å². The number of nitrogens with zero attached hydrogens (tertiary/aromatic N) is 4. The van der Waals surface area contributed by atoms with Crippen molar-refractivity contribution < 1.29 is 4.79 Å². The van der Waals surface area contributed by atoms with Gasteiger partial charge < -0.3 is 15.2 Å². The minimum absolute atomic E-state index is 0.0705. The molecule has 0 aliphatic heterocycles. The lowest BCUT2D eigenvalue weighted by Gasteiger charge is -2.08. The van der Waals surface area contributed by atoms with E-state index in [1.165, 1.54) is 11.8 Å². The number of thiazole rings is 1. The Labute approximate surface area is 195 Å². The molecule has 7 nitrogen and oxygen atoms in total. The first kappa shape index (κ1) is 22.0.